The first-order chi connectivity index (χ1) is 7.57. The number of nitrogens with zero attached hydrogens (tertiary/aromatic N) is 3. The molecule has 0 spiro atoms. The van der Waals surface area contributed by atoms with Crippen LogP contribution in [0.15, 0.2) is 10.2 Å². The molecule has 0 aromatic heterocycles. The topological polar surface area (TPSA) is 74.5 Å². The maximum atomic E-state index is 11.3. The van der Waals surface area contributed by atoms with Gasteiger partial charge in [-0.2, -0.15) is 0 Å². The molecule has 0 aromatic rings. The summed E-state index contributed by atoms with van der Waals surface area (Å²) in [5, 5.41) is 16.9. The quantitative estimate of drug-likeness (QED) is 0.704. The largest absolute Gasteiger partial charge is 0.461 e. The van der Waals surface area contributed by atoms with E-state index in [1.165, 1.54) is 4.90 Å². The van der Waals surface area contributed by atoms with Gasteiger partial charge in [-0.3, -0.25) is 0 Å². The molecule has 0 amide bonds. The third kappa shape index (κ3) is 3.30. The number of rotatable bonds is 2. The third-order valence-corrected chi connectivity index (χ3v) is 1.91. The van der Waals surface area contributed by atoms with Gasteiger partial charge in [-0.1, -0.05) is 13.8 Å². The van der Waals surface area contributed by atoms with E-state index in [1.807, 2.05) is 13.8 Å². The van der Waals surface area contributed by atoms with Crippen molar-refractivity contribution >= 4 is 17.5 Å². The molecule has 0 bridgehead atoms. The van der Waals surface area contributed by atoms with Gasteiger partial charge in [0.05, 0.1) is 6.61 Å². The Morgan fingerprint density at radius 2 is 2.06 bits per heavy atom. The van der Waals surface area contributed by atoms with Crippen LogP contribution in [0, 0.1) is 0 Å². The molecular formula is C10H19N3O3. The van der Waals surface area contributed by atoms with Gasteiger partial charge >= 0.3 is 5.97 Å². The van der Waals surface area contributed by atoms with Crippen LogP contribution in [0.1, 0.15) is 27.7 Å². The van der Waals surface area contributed by atoms with Crippen molar-refractivity contribution < 1.29 is 14.6 Å². The lowest BCUT2D eigenvalue weighted by molar-refractivity contribution is -0.136. The highest BCUT2D eigenvalue weighted by atomic mass is 16.5. The summed E-state index contributed by atoms with van der Waals surface area (Å²) in [6.07, 6.45) is -1.08. The summed E-state index contributed by atoms with van der Waals surface area (Å²) in [5.74, 6) is -0.0892. The van der Waals surface area contributed by atoms with E-state index in [0.29, 0.717) is 5.84 Å². The number of hydrogen-bond donors (Lipinski definition) is 1. The van der Waals surface area contributed by atoms with Crippen LogP contribution in [0.25, 0.3) is 0 Å². The normalized spacial score (nSPS) is 19.1. The molecule has 1 N–H and O–H groups in total. The standard InChI is InChI=1S/C8H13N3O3.C2H6/c1-4-14-8(13)6-7(12)11(3)5(2)9-10-6;1-2/h7,12H,4H2,1-3H3;1-2H3. The SMILES string of the molecule is CC.CCOC(=O)C1=NN=C(C)N(C)C1O. The first-order valence-electron chi connectivity index (χ1n) is 5.28. The molecule has 1 aliphatic heterocycles. The van der Waals surface area contributed by atoms with Crippen molar-refractivity contribution in [2.45, 2.75) is 33.9 Å². The second kappa shape index (κ2) is 6.95. The minimum absolute atomic E-state index is 0.0834. The molecule has 0 aromatic carbocycles. The van der Waals surface area contributed by atoms with Crippen LogP contribution in [0.4, 0.5) is 0 Å². The minimum atomic E-state index is -1.08. The third-order valence-electron chi connectivity index (χ3n) is 1.91. The molecule has 0 aliphatic carbocycles. The van der Waals surface area contributed by atoms with E-state index in [2.05, 4.69) is 10.2 Å². The number of esters is 1. The van der Waals surface area contributed by atoms with Gasteiger partial charge in [0.25, 0.3) is 0 Å². The fraction of sp³-hybridized carbons (Fsp3) is 0.700. The lowest BCUT2D eigenvalue weighted by atomic mass is 10.3. The summed E-state index contributed by atoms with van der Waals surface area (Å²) in [6, 6.07) is 0. The Labute approximate surface area is 95.6 Å². The molecule has 6 nitrogen and oxygen atoms in total. The summed E-state index contributed by atoms with van der Waals surface area (Å²) >= 11 is 0. The van der Waals surface area contributed by atoms with E-state index in [1.54, 1.807) is 20.9 Å². The Bertz CT molecular complexity index is 300. The van der Waals surface area contributed by atoms with Crippen molar-refractivity contribution in [3.8, 4) is 0 Å². The summed E-state index contributed by atoms with van der Waals surface area (Å²) in [6.45, 7) is 7.62. The van der Waals surface area contributed by atoms with Gasteiger partial charge in [0.15, 0.2) is 11.9 Å². The molecule has 1 unspecified atom stereocenters. The van der Waals surface area contributed by atoms with E-state index in [4.69, 9.17) is 4.74 Å². The number of carbonyl (C=O) groups is 1. The van der Waals surface area contributed by atoms with Crippen LogP contribution >= 0.6 is 0 Å². The van der Waals surface area contributed by atoms with Gasteiger partial charge in [0, 0.05) is 7.05 Å². The highest BCUT2D eigenvalue weighted by Gasteiger charge is 2.29. The highest BCUT2D eigenvalue weighted by Crippen LogP contribution is 2.06. The van der Waals surface area contributed by atoms with Crippen molar-refractivity contribution in [1.29, 1.82) is 0 Å². The van der Waals surface area contributed by atoms with Crippen molar-refractivity contribution in [3.63, 3.8) is 0 Å². The average Bonchev–Trinajstić information content (AvgIpc) is 2.29. The van der Waals surface area contributed by atoms with Gasteiger partial charge < -0.3 is 14.7 Å². The van der Waals surface area contributed by atoms with Gasteiger partial charge in [-0.25, -0.2) is 4.79 Å². The van der Waals surface area contributed by atoms with Gasteiger partial charge in [0.2, 0.25) is 0 Å². The molecule has 0 fully saturated rings. The molecule has 0 saturated carbocycles. The first-order valence-corrected chi connectivity index (χ1v) is 5.28. The predicted octanol–water partition coefficient (Wildman–Crippen LogP) is 0.614. The molecule has 1 heterocycles. The van der Waals surface area contributed by atoms with Crippen molar-refractivity contribution in [1.82, 2.24) is 4.90 Å². The zero-order valence-electron chi connectivity index (χ0n) is 10.4. The Morgan fingerprint density at radius 1 is 1.50 bits per heavy atom. The van der Waals surface area contributed by atoms with Crippen LogP contribution in [-0.4, -0.2) is 47.4 Å². The zero-order chi connectivity index (χ0) is 12.7. The summed E-state index contributed by atoms with van der Waals surface area (Å²) in [5.41, 5.74) is -0.0834. The number of aliphatic hydroxyl groups excluding tert-OH is 1. The molecule has 1 rings (SSSR count). The Hall–Kier alpha value is -1.43. The van der Waals surface area contributed by atoms with E-state index >= 15 is 0 Å². The van der Waals surface area contributed by atoms with E-state index in [-0.39, 0.29) is 12.3 Å². The van der Waals surface area contributed by atoms with Crippen LogP contribution < -0.4 is 0 Å². The predicted molar refractivity (Wildman–Crippen MR) is 62.3 cm³/mol. The molecule has 1 atom stereocenters. The molecular weight excluding hydrogens is 210 g/mol. The molecule has 16 heavy (non-hydrogen) atoms. The number of hydrogen-bond acceptors (Lipinski definition) is 6. The summed E-state index contributed by atoms with van der Waals surface area (Å²) in [7, 11) is 1.62. The van der Waals surface area contributed by atoms with Crippen LogP contribution in [0.5, 0.6) is 0 Å². The molecule has 92 valence electrons. The second-order valence-electron chi connectivity index (χ2n) is 2.84. The Kier molecular flexibility index (Phi) is 6.32. The number of amidine groups is 1. The molecule has 0 radical (unpaired) electrons. The van der Waals surface area contributed by atoms with Gasteiger partial charge in [-0.15, -0.1) is 10.2 Å². The number of ether oxygens (including phenoxy) is 1. The summed E-state index contributed by atoms with van der Waals surface area (Å²) < 4.78 is 4.71. The highest BCUT2D eigenvalue weighted by molar-refractivity contribution is 6.38. The fourth-order valence-electron chi connectivity index (χ4n) is 0.960. The van der Waals surface area contributed by atoms with E-state index in [9.17, 15) is 9.90 Å². The van der Waals surface area contributed by atoms with Crippen LogP contribution in [0.2, 0.25) is 0 Å². The summed E-state index contributed by atoms with van der Waals surface area (Å²) in [4.78, 5) is 12.7. The average molecular weight is 229 g/mol. The second-order valence-corrected chi connectivity index (χ2v) is 2.84. The minimum Gasteiger partial charge on any atom is -0.461 e. The van der Waals surface area contributed by atoms with Gasteiger partial charge in [-0.05, 0) is 13.8 Å². The van der Waals surface area contributed by atoms with Crippen LogP contribution in [-0.2, 0) is 9.53 Å². The Balaban J connectivity index is 0.00000106. The van der Waals surface area contributed by atoms with Crippen molar-refractivity contribution in [2.75, 3.05) is 13.7 Å². The molecule has 0 saturated heterocycles. The van der Waals surface area contributed by atoms with Gasteiger partial charge in [0.1, 0.15) is 5.84 Å². The zero-order valence-corrected chi connectivity index (χ0v) is 10.4. The van der Waals surface area contributed by atoms with Crippen molar-refractivity contribution in [3.05, 3.63) is 0 Å². The van der Waals surface area contributed by atoms with Crippen LogP contribution in [0.3, 0.4) is 0 Å². The number of carbonyl (C=O) groups excluding carboxylic acids is 1. The monoisotopic (exact) mass is 229 g/mol. The maximum absolute atomic E-state index is 11.3. The van der Waals surface area contributed by atoms with E-state index < -0.39 is 12.2 Å². The first kappa shape index (κ1) is 14.6. The molecule has 1 aliphatic rings. The Morgan fingerprint density at radius 3 is 2.56 bits per heavy atom. The van der Waals surface area contributed by atoms with E-state index in [0.717, 1.165) is 0 Å². The lowest BCUT2D eigenvalue weighted by Gasteiger charge is -2.26. The molecule has 6 heteroatoms. The lowest BCUT2D eigenvalue weighted by Crippen LogP contribution is -2.46. The smallest absolute Gasteiger partial charge is 0.359 e. The fourth-order valence-corrected chi connectivity index (χ4v) is 0.960. The number of aliphatic hydroxyl groups is 1. The maximum Gasteiger partial charge on any atom is 0.359 e. The van der Waals surface area contributed by atoms with Crippen molar-refractivity contribution in [2.24, 2.45) is 10.2 Å².